The van der Waals surface area contributed by atoms with Crippen LogP contribution in [0.2, 0.25) is 0 Å². The second-order valence-electron chi connectivity index (χ2n) is 5.95. The van der Waals surface area contributed by atoms with Crippen molar-refractivity contribution in [3.63, 3.8) is 0 Å². The molecule has 1 aliphatic heterocycles. The SMILES string of the molecule is OCc1csc(N2CCCN(C3CCCCC3)CC2)n1. The van der Waals surface area contributed by atoms with Crippen molar-refractivity contribution in [3.05, 3.63) is 11.1 Å². The summed E-state index contributed by atoms with van der Waals surface area (Å²) < 4.78 is 0. The number of thiazole rings is 1. The molecule has 0 spiro atoms. The molecule has 1 N–H and O–H groups in total. The topological polar surface area (TPSA) is 39.6 Å². The molecule has 1 saturated heterocycles. The molecule has 0 radical (unpaired) electrons. The lowest BCUT2D eigenvalue weighted by Gasteiger charge is -2.33. The van der Waals surface area contributed by atoms with E-state index in [4.69, 9.17) is 5.11 Å². The summed E-state index contributed by atoms with van der Waals surface area (Å²) in [4.78, 5) is 9.61. The van der Waals surface area contributed by atoms with Gasteiger partial charge in [-0.3, -0.25) is 4.90 Å². The highest BCUT2D eigenvalue weighted by atomic mass is 32.1. The van der Waals surface area contributed by atoms with E-state index in [1.54, 1.807) is 11.3 Å². The largest absolute Gasteiger partial charge is 0.390 e. The number of nitrogens with zero attached hydrogens (tertiary/aromatic N) is 3. The van der Waals surface area contributed by atoms with Gasteiger partial charge in [0.05, 0.1) is 12.3 Å². The molecule has 0 bridgehead atoms. The number of aromatic nitrogens is 1. The van der Waals surface area contributed by atoms with E-state index in [-0.39, 0.29) is 6.61 Å². The minimum absolute atomic E-state index is 0.0541. The normalized spacial score (nSPS) is 22.9. The van der Waals surface area contributed by atoms with Crippen molar-refractivity contribution >= 4 is 16.5 Å². The van der Waals surface area contributed by atoms with Gasteiger partial charge in [-0.15, -0.1) is 11.3 Å². The van der Waals surface area contributed by atoms with Crippen LogP contribution in [-0.4, -0.2) is 47.2 Å². The van der Waals surface area contributed by atoms with Gasteiger partial charge in [0.15, 0.2) is 5.13 Å². The zero-order chi connectivity index (χ0) is 13.8. The average Bonchev–Trinajstić information content (AvgIpc) is 2.85. The Hall–Kier alpha value is -0.650. The Kier molecular flexibility index (Phi) is 4.91. The first-order chi connectivity index (χ1) is 9.86. The summed E-state index contributed by atoms with van der Waals surface area (Å²) in [6.45, 7) is 4.63. The van der Waals surface area contributed by atoms with Crippen molar-refractivity contribution in [2.75, 3.05) is 31.1 Å². The van der Waals surface area contributed by atoms with E-state index in [1.807, 2.05) is 5.38 Å². The van der Waals surface area contributed by atoms with E-state index in [2.05, 4.69) is 14.8 Å². The van der Waals surface area contributed by atoms with Crippen LogP contribution >= 0.6 is 11.3 Å². The Morgan fingerprint density at radius 1 is 1.10 bits per heavy atom. The van der Waals surface area contributed by atoms with Crippen LogP contribution in [0.3, 0.4) is 0 Å². The van der Waals surface area contributed by atoms with Crippen molar-refractivity contribution in [2.45, 2.75) is 51.2 Å². The molecule has 20 heavy (non-hydrogen) atoms. The maximum Gasteiger partial charge on any atom is 0.185 e. The zero-order valence-corrected chi connectivity index (χ0v) is 12.9. The summed E-state index contributed by atoms with van der Waals surface area (Å²) in [6.07, 6.45) is 8.27. The lowest BCUT2D eigenvalue weighted by molar-refractivity contribution is 0.166. The summed E-state index contributed by atoms with van der Waals surface area (Å²) in [5, 5.41) is 12.2. The second kappa shape index (κ2) is 6.87. The number of hydrogen-bond donors (Lipinski definition) is 1. The number of rotatable bonds is 3. The molecule has 0 aromatic carbocycles. The highest BCUT2D eigenvalue weighted by Gasteiger charge is 2.24. The molecule has 2 fully saturated rings. The van der Waals surface area contributed by atoms with Gasteiger partial charge in [0.1, 0.15) is 0 Å². The standard InChI is InChI=1S/C15H25N3OS/c19-11-13-12-20-15(16-13)18-8-4-7-17(9-10-18)14-5-2-1-3-6-14/h12,14,19H,1-11H2. The lowest BCUT2D eigenvalue weighted by Crippen LogP contribution is -2.39. The maximum atomic E-state index is 9.13. The molecule has 112 valence electrons. The third-order valence-corrected chi connectivity index (χ3v) is 5.54. The third-order valence-electron chi connectivity index (χ3n) is 4.59. The van der Waals surface area contributed by atoms with Gasteiger partial charge in [-0.1, -0.05) is 19.3 Å². The van der Waals surface area contributed by atoms with Crippen LogP contribution in [0, 0.1) is 0 Å². The predicted molar refractivity (Wildman–Crippen MR) is 83.3 cm³/mol. The number of hydrogen-bond acceptors (Lipinski definition) is 5. The first kappa shape index (κ1) is 14.3. The second-order valence-corrected chi connectivity index (χ2v) is 6.78. The van der Waals surface area contributed by atoms with Crippen molar-refractivity contribution in [2.24, 2.45) is 0 Å². The summed E-state index contributed by atoms with van der Waals surface area (Å²) in [5.74, 6) is 0. The van der Waals surface area contributed by atoms with Gasteiger partial charge in [0.2, 0.25) is 0 Å². The van der Waals surface area contributed by atoms with E-state index in [0.717, 1.165) is 30.0 Å². The molecule has 1 aromatic rings. The van der Waals surface area contributed by atoms with Crippen LogP contribution in [-0.2, 0) is 6.61 Å². The van der Waals surface area contributed by atoms with Crippen LogP contribution in [0.1, 0.15) is 44.2 Å². The Labute approximate surface area is 125 Å². The summed E-state index contributed by atoms with van der Waals surface area (Å²) in [5.41, 5.74) is 0.804. The van der Waals surface area contributed by atoms with Gasteiger partial charge >= 0.3 is 0 Å². The molecule has 3 rings (SSSR count). The summed E-state index contributed by atoms with van der Waals surface area (Å²) in [6, 6.07) is 0.827. The first-order valence-electron chi connectivity index (χ1n) is 7.91. The van der Waals surface area contributed by atoms with Gasteiger partial charge in [0.25, 0.3) is 0 Å². The molecule has 1 saturated carbocycles. The minimum atomic E-state index is 0.0541. The third kappa shape index (κ3) is 3.32. The zero-order valence-electron chi connectivity index (χ0n) is 12.1. The van der Waals surface area contributed by atoms with E-state index in [1.165, 1.54) is 51.6 Å². The van der Waals surface area contributed by atoms with Gasteiger partial charge in [-0.25, -0.2) is 4.98 Å². The molecule has 1 aliphatic carbocycles. The highest BCUT2D eigenvalue weighted by Crippen LogP contribution is 2.26. The van der Waals surface area contributed by atoms with E-state index >= 15 is 0 Å². The first-order valence-corrected chi connectivity index (χ1v) is 8.79. The van der Waals surface area contributed by atoms with Crippen LogP contribution in [0.4, 0.5) is 5.13 Å². The Balaban J connectivity index is 1.58. The maximum absolute atomic E-state index is 9.13. The Bertz CT molecular complexity index is 417. The van der Waals surface area contributed by atoms with Crippen molar-refractivity contribution < 1.29 is 5.11 Å². The highest BCUT2D eigenvalue weighted by molar-refractivity contribution is 7.13. The Morgan fingerprint density at radius 2 is 1.95 bits per heavy atom. The van der Waals surface area contributed by atoms with E-state index < -0.39 is 0 Å². The van der Waals surface area contributed by atoms with Gasteiger partial charge < -0.3 is 10.0 Å². The smallest absolute Gasteiger partial charge is 0.185 e. The molecule has 2 heterocycles. The molecule has 1 aromatic heterocycles. The lowest BCUT2D eigenvalue weighted by atomic mass is 9.94. The molecule has 5 heteroatoms. The molecule has 2 aliphatic rings. The molecule has 0 unspecified atom stereocenters. The van der Waals surface area contributed by atoms with Crippen molar-refractivity contribution in [3.8, 4) is 0 Å². The average molecular weight is 295 g/mol. The van der Waals surface area contributed by atoms with Gasteiger partial charge in [-0.2, -0.15) is 0 Å². The fourth-order valence-corrected chi connectivity index (χ4v) is 4.32. The molecular formula is C15H25N3OS. The molecule has 0 atom stereocenters. The summed E-state index contributed by atoms with van der Waals surface area (Å²) >= 11 is 1.66. The van der Waals surface area contributed by atoms with Crippen LogP contribution in [0.15, 0.2) is 5.38 Å². The van der Waals surface area contributed by atoms with Gasteiger partial charge in [0, 0.05) is 37.6 Å². The number of anilines is 1. The molecule has 0 amide bonds. The monoisotopic (exact) mass is 295 g/mol. The van der Waals surface area contributed by atoms with Crippen molar-refractivity contribution in [1.82, 2.24) is 9.88 Å². The van der Waals surface area contributed by atoms with Crippen LogP contribution < -0.4 is 4.90 Å². The fraction of sp³-hybridized carbons (Fsp3) is 0.800. The van der Waals surface area contributed by atoms with Crippen molar-refractivity contribution in [1.29, 1.82) is 0 Å². The molecule has 4 nitrogen and oxygen atoms in total. The molecular weight excluding hydrogens is 270 g/mol. The number of aliphatic hydroxyl groups is 1. The summed E-state index contributed by atoms with van der Waals surface area (Å²) in [7, 11) is 0. The van der Waals surface area contributed by atoms with Crippen LogP contribution in [0.25, 0.3) is 0 Å². The van der Waals surface area contributed by atoms with E-state index in [0.29, 0.717) is 0 Å². The minimum Gasteiger partial charge on any atom is -0.390 e. The Morgan fingerprint density at radius 3 is 2.70 bits per heavy atom. The van der Waals surface area contributed by atoms with E-state index in [9.17, 15) is 0 Å². The number of aliphatic hydroxyl groups excluding tert-OH is 1. The van der Waals surface area contributed by atoms with Crippen LogP contribution in [0.5, 0.6) is 0 Å². The fourth-order valence-electron chi connectivity index (χ4n) is 3.45. The quantitative estimate of drug-likeness (QED) is 0.930. The van der Waals surface area contributed by atoms with Gasteiger partial charge in [-0.05, 0) is 19.3 Å². The predicted octanol–water partition coefficient (Wildman–Crippen LogP) is 2.48.